The Bertz CT molecular complexity index is 388. The van der Waals surface area contributed by atoms with E-state index in [0.29, 0.717) is 13.1 Å². The normalized spacial score (nSPS) is 13.8. The van der Waals surface area contributed by atoms with Crippen LogP contribution < -0.4 is 15.8 Å². The average Bonchev–Trinajstić information content (AvgIpc) is 2.38. The number of ether oxygens (including phenoxy) is 2. The molecule has 0 aliphatic heterocycles. The first-order valence-corrected chi connectivity index (χ1v) is 5.70. The van der Waals surface area contributed by atoms with E-state index >= 15 is 0 Å². The molecule has 0 aliphatic carbocycles. The third-order valence-electron chi connectivity index (χ3n) is 2.63. The zero-order chi connectivity index (χ0) is 13.6. The SMILES string of the molecule is COC(=O)C(C)(N)CNCc1ccc(OC)cc1. The van der Waals surface area contributed by atoms with Crippen LogP contribution >= 0.6 is 0 Å². The summed E-state index contributed by atoms with van der Waals surface area (Å²) in [6.45, 7) is 2.62. The van der Waals surface area contributed by atoms with Crippen LogP contribution in [0.5, 0.6) is 5.75 Å². The lowest BCUT2D eigenvalue weighted by Crippen LogP contribution is -2.53. The molecule has 18 heavy (non-hydrogen) atoms. The molecule has 1 rings (SSSR count). The van der Waals surface area contributed by atoms with Crippen molar-refractivity contribution in [1.82, 2.24) is 5.32 Å². The molecule has 0 heterocycles. The van der Waals surface area contributed by atoms with E-state index in [-0.39, 0.29) is 0 Å². The number of benzene rings is 1. The van der Waals surface area contributed by atoms with Gasteiger partial charge in [-0.3, -0.25) is 4.79 Å². The Morgan fingerprint density at radius 2 is 1.94 bits per heavy atom. The van der Waals surface area contributed by atoms with Crippen molar-refractivity contribution in [2.24, 2.45) is 5.73 Å². The van der Waals surface area contributed by atoms with Gasteiger partial charge in [-0.2, -0.15) is 0 Å². The molecular formula is C13H20N2O3. The Balaban J connectivity index is 2.43. The Labute approximate surface area is 107 Å². The maximum Gasteiger partial charge on any atom is 0.326 e. The Morgan fingerprint density at radius 3 is 2.44 bits per heavy atom. The zero-order valence-corrected chi connectivity index (χ0v) is 11.0. The molecule has 1 aromatic carbocycles. The van der Waals surface area contributed by atoms with E-state index in [1.54, 1.807) is 14.0 Å². The molecule has 0 aliphatic rings. The minimum atomic E-state index is -1.01. The van der Waals surface area contributed by atoms with Gasteiger partial charge >= 0.3 is 5.97 Å². The number of rotatable bonds is 6. The number of esters is 1. The number of carbonyl (C=O) groups excluding carboxylic acids is 1. The van der Waals surface area contributed by atoms with E-state index in [1.165, 1.54) is 7.11 Å². The van der Waals surface area contributed by atoms with Crippen LogP contribution in [0, 0.1) is 0 Å². The molecule has 0 aromatic heterocycles. The summed E-state index contributed by atoms with van der Waals surface area (Å²) in [4.78, 5) is 11.4. The van der Waals surface area contributed by atoms with E-state index < -0.39 is 11.5 Å². The average molecular weight is 252 g/mol. The van der Waals surface area contributed by atoms with Crippen LogP contribution in [0.25, 0.3) is 0 Å². The molecule has 100 valence electrons. The summed E-state index contributed by atoms with van der Waals surface area (Å²) in [7, 11) is 2.96. The second-order valence-corrected chi connectivity index (χ2v) is 4.36. The molecule has 0 bridgehead atoms. The summed E-state index contributed by atoms with van der Waals surface area (Å²) in [5.74, 6) is 0.390. The van der Waals surface area contributed by atoms with E-state index in [1.807, 2.05) is 24.3 Å². The van der Waals surface area contributed by atoms with Gasteiger partial charge in [-0.25, -0.2) is 0 Å². The van der Waals surface area contributed by atoms with Crippen LogP contribution in [0.1, 0.15) is 12.5 Å². The Hall–Kier alpha value is -1.59. The van der Waals surface area contributed by atoms with Crippen LogP contribution in [-0.2, 0) is 16.1 Å². The molecule has 0 saturated heterocycles. The second-order valence-electron chi connectivity index (χ2n) is 4.36. The number of nitrogens with one attached hydrogen (secondary N) is 1. The largest absolute Gasteiger partial charge is 0.497 e. The van der Waals surface area contributed by atoms with Crippen molar-refractivity contribution in [2.75, 3.05) is 20.8 Å². The minimum absolute atomic E-state index is 0.353. The summed E-state index contributed by atoms with van der Waals surface area (Å²) in [5, 5.41) is 3.13. The minimum Gasteiger partial charge on any atom is -0.497 e. The highest BCUT2D eigenvalue weighted by Gasteiger charge is 2.28. The van der Waals surface area contributed by atoms with Crippen molar-refractivity contribution in [3.63, 3.8) is 0 Å². The number of carbonyl (C=O) groups is 1. The number of hydrogen-bond donors (Lipinski definition) is 2. The number of hydrogen-bond acceptors (Lipinski definition) is 5. The molecule has 3 N–H and O–H groups in total. The van der Waals surface area contributed by atoms with Gasteiger partial charge in [0.15, 0.2) is 0 Å². The smallest absolute Gasteiger partial charge is 0.326 e. The molecule has 0 radical (unpaired) electrons. The van der Waals surface area contributed by atoms with Crippen molar-refractivity contribution in [1.29, 1.82) is 0 Å². The fourth-order valence-electron chi connectivity index (χ4n) is 1.52. The van der Waals surface area contributed by atoms with Gasteiger partial charge in [-0.05, 0) is 24.6 Å². The number of nitrogens with two attached hydrogens (primary N) is 1. The van der Waals surface area contributed by atoms with Gasteiger partial charge in [0, 0.05) is 13.1 Å². The fraction of sp³-hybridized carbons (Fsp3) is 0.462. The Kier molecular flexibility index (Phi) is 5.12. The highest BCUT2D eigenvalue weighted by Crippen LogP contribution is 2.11. The second kappa shape index (κ2) is 6.37. The number of methoxy groups -OCH3 is 2. The molecule has 0 spiro atoms. The summed E-state index contributed by atoms with van der Waals surface area (Å²) >= 11 is 0. The van der Waals surface area contributed by atoms with Gasteiger partial charge < -0.3 is 20.5 Å². The third kappa shape index (κ3) is 4.01. The van der Waals surface area contributed by atoms with Crippen molar-refractivity contribution < 1.29 is 14.3 Å². The van der Waals surface area contributed by atoms with Gasteiger partial charge in [0.25, 0.3) is 0 Å². The predicted octanol–water partition coefficient (Wildman–Crippen LogP) is 0.675. The third-order valence-corrected chi connectivity index (χ3v) is 2.63. The van der Waals surface area contributed by atoms with E-state index in [4.69, 9.17) is 10.5 Å². The van der Waals surface area contributed by atoms with E-state index in [0.717, 1.165) is 11.3 Å². The highest BCUT2D eigenvalue weighted by atomic mass is 16.5. The summed E-state index contributed by atoms with van der Waals surface area (Å²) < 4.78 is 9.70. The van der Waals surface area contributed by atoms with Gasteiger partial charge in [0.2, 0.25) is 0 Å². The van der Waals surface area contributed by atoms with Crippen molar-refractivity contribution >= 4 is 5.97 Å². The molecule has 5 heteroatoms. The van der Waals surface area contributed by atoms with Crippen molar-refractivity contribution in [3.05, 3.63) is 29.8 Å². The van der Waals surface area contributed by atoms with E-state index in [2.05, 4.69) is 10.1 Å². The maximum atomic E-state index is 11.4. The van der Waals surface area contributed by atoms with Crippen LogP contribution in [0.15, 0.2) is 24.3 Å². The van der Waals surface area contributed by atoms with Gasteiger partial charge in [0.05, 0.1) is 14.2 Å². The van der Waals surface area contributed by atoms with Crippen LogP contribution in [0.4, 0.5) is 0 Å². The summed E-state index contributed by atoms with van der Waals surface area (Å²) in [5.41, 5.74) is 5.90. The molecule has 1 atom stereocenters. The Morgan fingerprint density at radius 1 is 1.33 bits per heavy atom. The van der Waals surface area contributed by atoms with E-state index in [9.17, 15) is 4.79 Å². The zero-order valence-electron chi connectivity index (χ0n) is 11.0. The van der Waals surface area contributed by atoms with Crippen molar-refractivity contribution in [2.45, 2.75) is 19.0 Å². The molecule has 0 saturated carbocycles. The predicted molar refractivity (Wildman–Crippen MR) is 69.3 cm³/mol. The first-order valence-electron chi connectivity index (χ1n) is 5.70. The molecule has 5 nitrogen and oxygen atoms in total. The molecule has 0 fully saturated rings. The van der Waals surface area contributed by atoms with Crippen molar-refractivity contribution in [3.8, 4) is 5.75 Å². The molecular weight excluding hydrogens is 232 g/mol. The first kappa shape index (κ1) is 14.5. The summed E-state index contributed by atoms with van der Waals surface area (Å²) in [6.07, 6.45) is 0. The van der Waals surface area contributed by atoms with Crippen LogP contribution in [-0.4, -0.2) is 32.3 Å². The monoisotopic (exact) mass is 252 g/mol. The van der Waals surface area contributed by atoms with Gasteiger partial charge in [-0.1, -0.05) is 12.1 Å². The highest BCUT2D eigenvalue weighted by molar-refractivity contribution is 5.80. The topological polar surface area (TPSA) is 73.6 Å². The van der Waals surface area contributed by atoms with Gasteiger partial charge in [-0.15, -0.1) is 0 Å². The lowest BCUT2D eigenvalue weighted by Gasteiger charge is -2.21. The standard InChI is InChI=1S/C13H20N2O3/c1-13(14,12(16)18-3)9-15-8-10-4-6-11(17-2)7-5-10/h4-7,15H,8-9,14H2,1-3H3. The van der Waals surface area contributed by atoms with Gasteiger partial charge in [0.1, 0.15) is 11.3 Å². The van der Waals surface area contributed by atoms with Crippen LogP contribution in [0.3, 0.4) is 0 Å². The quantitative estimate of drug-likeness (QED) is 0.728. The molecule has 0 amide bonds. The lowest BCUT2D eigenvalue weighted by molar-refractivity contribution is -0.146. The van der Waals surface area contributed by atoms with Crippen LogP contribution in [0.2, 0.25) is 0 Å². The lowest BCUT2D eigenvalue weighted by atomic mass is 10.0. The fourth-order valence-corrected chi connectivity index (χ4v) is 1.52. The first-order chi connectivity index (χ1) is 8.49. The molecule has 1 unspecified atom stereocenters. The maximum absolute atomic E-state index is 11.4. The molecule has 1 aromatic rings. The summed E-state index contributed by atoms with van der Waals surface area (Å²) in [6, 6.07) is 7.69.